The molecule has 3 rings (SSSR count). The third-order valence-corrected chi connectivity index (χ3v) is 3.78. The summed E-state index contributed by atoms with van der Waals surface area (Å²) in [7, 11) is 1.65. The lowest BCUT2D eigenvalue weighted by Crippen LogP contribution is -1.97. The Morgan fingerprint density at radius 3 is 2.82 bits per heavy atom. The topological polar surface area (TPSA) is 48.1 Å². The molecule has 3 nitrogen and oxygen atoms in total. The maximum Gasteiger partial charge on any atom is 0.130 e. The van der Waals surface area contributed by atoms with Gasteiger partial charge in [0.15, 0.2) is 0 Å². The van der Waals surface area contributed by atoms with E-state index in [-0.39, 0.29) is 0 Å². The van der Waals surface area contributed by atoms with E-state index in [1.54, 1.807) is 7.11 Å². The molecule has 0 bridgehead atoms. The lowest BCUT2D eigenvalue weighted by atomic mass is 10.1. The van der Waals surface area contributed by atoms with Gasteiger partial charge in [0.05, 0.1) is 18.0 Å². The summed E-state index contributed by atoms with van der Waals surface area (Å²) in [6.45, 7) is 0. The molecule has 0 aliphatic heterocycles. The second kappa shape index (κ2) is 3.88. The molecule has 17 heavy (non-hydrogen) atoms. The summed E-state index contributed by atoms with van der Waals surface area (Å²) >= 11 is 3.52. The van der Waals surface area contributed by atoms with Crippen molar-refractivity contribution in [2.45, 2.75) is 18.8 Å². The monoisotopic (exact) mass is 292 g/mol. The van der Waals surface area contributed by atoms with Crippen LogP contribution in [0.1, 0.15) is 24.5 Å². The number of hydrogen-bond donors (Lipinski definition) is 1. The number of benzene rings is 1. The number of methoxy groups -OCH3 is 1. The highest BCUT2D eigenvalue weighted by Crippen LogP contribution is 2.42. The van der Waals surface area contributed by atoms with E-state index in [0.717, 1.165) is 32.5 Å². The average Bonchev–Trinajstić information content (AvgIpc) is 3.14. The van der Waals surface area contributed by atoms with Crippen molar-refractivity contribution in [3.8, 4) is 5.75 Å². The number of ether oxygens (including phenoxy) is 1. The van der Waals surface area contributed by atoms with Crippen molar-refractivity contribution < 1.29 is 4.74 Å². The first-order valence-corrected chi connectivity index (χ1v) is 6.42. The standard InChI is InChI=1S/C13H13BrN2O/c1-17-11-5-4-8(14)13-12(11)9(15)6-10(16-13)7-2-3-7/h4-7H,2-3H2,1H3,(H2,15,16). The van der Waals surface area contributed by atoms with Crippen LogP contribution in [0.15, 0.2) is 22.7 Å². The second-order valence-corrected chi connectivity index (χ2v) is 5.24. The Balaban J connectivity index is 2.33. The maximum atomic E-state index is 6.13. The van der Waals surface area contributed by atoms with Gasteiger partial charge >= 0.3 is 0 Å². The normalized spacial score (nSPS) is 15.2. The zero-order valence-corrected chi connectivity index (χ0v) is 11.1. The molecular weight excluding hydrogens is 280 g/mol. The van der Waals surface area contributed by atoms with Crippen LogP contribution in [0.3, 0.4) is 0 Å². The fourth-order valence-corrected chi connectivity index (χ4v) is 2.51. The highest BCUT2D eigenvalue weighted by atomic mass is 79.9. The molecular formula is C13H13BrN2O. The van der Waals surface area contributed by atoms with Gasteiger partial charge in [0.1, 0.15) is 5.75 Å². The Labute approximate surface area is 108 Å². The first-order valence-electron chi connectivity index (χ1n) is 5.63. The van der Waals surface area contributed by atoms with Crippen molar-refractivity contribution in [2.24, 2.45) is 0 Å². The minimum Gasteiger partial charge on any atom is -0.496 e. The fraction of sp³-hybridized carbons (Fsp3) is 0.308. The van der Waals surface area contributed by atoms with Crippen molar-refractivity contribution in [1.82, 2.24) is 4.98 Å². The molecule has 2 N–H and O–H groups in total. The van der Waals surface area contributed by atoms with Crippen molar-refractivity contribution in [1.29, 1.82) is 0 Å². The van der Waals surface area contributed by atoms with E-state index >= 15 is 0 Å². The van der Waals surface area contributed by atoms with Crippen LogP contribution in [0.25, 0.3) is 10.9 Å². The van der Waals surface area contributed by atoms with Crippen molar-refractivity contribution in [3.05, 3.63) is 28.4 Å². The van der Waals surface area contributed by atoms with E-state index in [2.05, 4.69) is 15.9 Å². The number of halogens is 1. The third-order valence-electron chi connectivity index (χ3n) is 3.14. The van der Waals surface area contributed by atoms with Gasteiger partial charge in [-0.05, 0) is 47.0 Å². The molecule has 2 aromatic rings. The molecule has 0 atom stereocenters. The Kier molecular flexibility index (Phi) is 2.47. The van der Waals surface area contributed by atoms with Crippen LogP contribution in [-0.2, 0) is 0 Å². The zero-order valence-electron chi connectivity index (χ0n) is 9.53. The molecule has 0 unspecified atom stereocenters. The lowest BCUT2D eigenvalue weighted by molar-refractivity contribution is 0.420. The Hall–Kier alpha value is -1.29. The van der Waals surface area contributed by atoms with Crippen molar-refractivity contribution in [2.75, 3.05) is 12.8 Å². The molecule has 0 radical (unpaired) electrons. The molecule has 1 aromatic carbocycles. The molecule has 0 saturated heterocycles. The van der Waals surface area contributed by atoms with Gasteiger partial charge < -0.3 is 10.5 Å². The summed E-state index contributed by atoms with van der Waals surface area (Å²) in [6.07, 6.45) is 2.44. The van der Waals surface area contributed by atoms with Crippen LogP contribution in [-0.4, -0.2) is 12.1 Å². The molecule has 0 spiro atoms. The zero-order chi connectivity index (χ0) is 12.0. The molecule has 4 heteroatoms. The number of pyridine rings is 1. The second-order valence-electron chi connectivity index (χ2n) is 4.38. The van der Waals surface area contributed by atoms with Crippen LogP contribution >= 0.6 is 15.9 Å². The number of anilines is 1. The van der Waals surface area contributed by atoms with Crippen LogP contribution in [0, 0.1) is 0 Å². The van der Waals surface area contributed by atoms with Gasteiger partial charge in [-0.2, -0.15) is 0 Å². The quantitative estimate of drug-likeness (QED) is 0.922. The maximum absolute atomic E-state index is 6.13. The summed E-state index contributed by atoms with van der Waals surface area (Å²) in [6, 6.07) is 5.83. The SMILES string of the molecule is COc1ccc(Br)c2nc(C3CC3)cc(N)c12. The van der Waals surface area contributed by atoms with Gasteiger partial charge in [0.25, 0.3) is 0 Å². The number of rotatable bonds is 2. The van der Waals surface area contributed by atoms with Gasteiger partial charge in [0.2, 0.25) is 0 Å². The molecule has 1 fully saturated rings. The molecule has 1 aliphatic carbocycles. The minimum atomic E-state index is 0.597. The summed E-state index contributed by atoms with van der Waals surface area (Å²) in [5.41, 5.74) is 8.87. The predicted octanol–water partition coefficient (Wildman–Crippen LogP) is 3.47. The highest BCUT2D eigenvalue weighted by molar-refractivity contribution is 9.10. The molecule has 1 aromatic heterocycles. The predicted molar refractivity (Wildman–Crippen MR) is 72.4 cm³/mol. The molecule has 88 valence electrons. The summed E-state index contributed by atoms with van der Waals surface area (Å²) in [5, 5.41) is 0.895. The van der Waals surface area contributed by atoms with E-state index in [1.165, 1.54) is 12.8 Å². The molecule has 0 amide bonds. The molecule has 1 saturated carbocycles. The van der Waals surface area contributed by atoms with E-state index in [4.69, 9.17) is 15.5 Å². The summed E-state index contributed by atoms with van der Waals surface area (Å²) in [5.74, 6) is 1.37. The summed E-state index contributed by atoms with van der Waals surface area (Å²) < 4.78 is 6.30. The lowest BCUT2D eigenvalue weighted by Gasteiger charge is -2.11. The Morgan fingerprint density at radius 1 is 1.41 bits per heavy atom. The van der Waals surface area contributed by atoms with Gasteiger partial charge in [-0.3, -0.25) is 4.98 Å². The van der Waals surface area contributed by atoms with E-state index in [9.17, 15) is 0 Å². The number of nitrogen functional groups attached to an aromatic ring is 1. The highest BCUT2D eigenvalue weighted by Gasteiger charge is 2.26. The van der Waals surface area contributed by atoms with Crippen LogP contribution < -0.4 is 10.5 Å². The van der Waals surface area contributed by atoms with Gasteiger partial charge in [-0.25, -0.2) is 0 Å². The van der Waals surface area contributed by atoms with Crippen LogP contribution in [0.5, 0.6) is 5.75 Å². The first kappa shape index (κ1) is 10.8. The summed E-state index contributed by atoms with van der Waals surface area (Å²) in [4.78, 5) is 4.70. The van der Waals surface area contributed by atoms with Gasteiger partial charge in [-0.1, -0.05) is 0 Å². The first-order chi connectivity index (χ1) is 8.20. The average molecular weight is 293 g/mol. The smallest absolute Gasteiger partial charge is 0.130 e. The van der Waals surface area contributed by atoms with Crippen molar-refractivity contribution >= 4 is 32.5 Å². The largest absolute Gasteiger partial charge is 0.496 e. The molecule has 1 heterocycles. The fourth-order valence-electron chi connectivity index (χ4n) is 2.09. The number of fused-ring (bicyclic) bond motifs is 1. The number of nitrogens with two attached hydrogens (primary N) is 1. The van der Waals surface area contributed by atoms with Gasteiger partial charge in [-0.15, -0.1) is 0 Å². The minimum absolute atomic E-state index is 0.597. The van der Waals surface area contributed by atoms with Crippen LogP contribution in [0.4, 0.5) is 5.69 Å². The number of nitrogens with zero attached hydrogens (tertiary/aromatic N) is 1. The van der Waals surface area contributed by atoms with E-state index < -0.39 is 0 Å². The van der Waals surface area contributed by atoms with Gasteiger partial charge in [0, 0.05) is 21.8 Å². The Bertz CT molecular complexity index is 593. The number of aromatic nitrogens is 1. The van der Waals surface area contributed by atoms with E-state index in [0.29, 0.717) is 5.92 Å². The van der Waals surface area contributed by atoms with Crippen molar-refractivity contribution in [3.63, 3.8) is 0 Å². The third kappa shape index (κ3) is 1.76. The van der Waals surface area contributed by atoms with E-state index in [1.807, 2.05) is 18.2 Å². The number of hydrogen-bond acceptors (Lipinski definition) is 3. The van der Waals surface area contributed by atoms with Crippen LogP contribution in [0.2, 0.25) is 0 Å². The Morgan fingerprint density at radius 2 is 2.18 bits per heavy atom. The molecule has 1 aliphatic rings.